The van der Waals surface area contributed by atoms with Gasteiger partial charge in [0.1, 0.15) is 0 Å². The molecule has 2 rings (SSSR count). The molecule has 0 atom stereocenters. The second-order valence-electron chi connectivity index (χ2n) is 10.1. The van der Waals surface area contributed by atoms with Gasteiger partial charge in [0, 0.05) is 0 Å². The Hall–Kier alpha value is 1.06. The molecule has 0 aliphatic heterocycles. The maximum absolute atomic E-state index is 3.47. The Kier molecular flexibility index (Phi) is 20.8. The van der Waals surface area contributed by atoms with Gasteiger partial charge in [0.2, 0.25) is 0 Å². The van der Waals surface area contributed by atoms with E-state index in [2.05, 4.69) is 90.5 Å². The summed E-state index contributed by atoms with van der Waals surface area (Å²) in [5.74, 6) is 0. The van der Waals surface area contributed by atoms with E-state index < -0.39 is 16.1 Å². The van der Waals surface area contributed by atoms with E-state index in [-0.39, 0.29) is 30.3 Å². The average molecular weight is 666 g/mol. The SMILES string of the molecule is CCCC1=[C-]CC([Si](C)(C)C)=C1.CCCC1=[C-]CC([Si](C)(C)C)=C1.C[Si](C)=[Hf+2].[Cl-].[Cl-]. The Bertz CT molecular complexity index is 580. The van der Waals surface area contributed by atoms with Gasteiger partial charge in [0.05, 0.1) is 16.1 Å². The second kappa shape index (κ2) is 17.5. The number of hydrogen-bond donors (Lipinski definition) is 0. The van der Waals surface area contributed by atoms with Gasteiger partial charge in [-0.15, -0.1) is 12.8 Å². The summed E-state index contributed by atoms with van der Waals surface area (Å²) in [4.78, 5) is 0. The van der Waals surface area contributed by atoms with E-state index in [1.807, 2.05) is 0 Å². The van der Waals surface area contributed by atoms with Gasteiger partial charge in [-0.3, -0.25) is 12.2 Å². The van der Waals surface area contributed by atoms with Crippen LogP contribution in [0.2, 0.25) is 52.4 Å². The van der Waals surface area contributed by atoms with Crippen LogP contribution in [0.1, 0.15) is 52.4 Å². The van der Waals surface area contributed by atoms with Crippen molar-refractivity contribution in [3.8, 4) is 0 Å². The zero-order valence-corrected chi connectivity index (χ0v) is 29.3. The summed E-state index contributed by atoms with van der Waals surface area (Å²) in [6, 6.07) is 0. The van der Waals surface area contributed by atoms with Crippen LogP contribution in [0.3, 0.4) is 0 Å². The smallest absolute Gasteiger partial charge is 1.00 e. The number of allylic oxidation sites excluding steroid dienone is 8. The van der Waals surface area contributed by atoms with Crippen LogP contribution in [-0.2, 0) is 23.0 Å². The predicted molar refractivity (Wildman–Crippen MR) is 133 cm³/mol. The summed E-state index contributed by atoms with van der Waals surface area (Å²) in [7, 11) is -2.03. The summed E-state index contributed by atoms with van der Waals surface area (Å²) >= 11 is 1.45. The fourth-order valence-corrected chi connectivity index (χ4v) is 5.32. The van der Waals surface area contributed by atoms with Crippen LogP contribution in [0, 0.1) is 12.2 Å². The van der Waals surface area contributed by atoms with E-state index >= 15 is 0 Å². The van der Waals surface area contributed by atoms with Crippen LogP contribution in [0.15, 0.2) is 33.7 Å². The van der Waals surface area contributed by atoms with E-state index in [0.717, 1.165) is 12.8 Å². The zero-order chi connectivity index (χ0) is 22.0. The molecule has 6 heteroatoms. The van der Waals surface area contributed by atoms with Crippen LogP contribution in [-0.4, -0.2) is 21.6 Å². The van der Waals surface area contributed by atoms with Gasteiger partial charge in [-0.1, -0.05) is 78.8 Å². The molecule has 0 unspecified atom stereocenters. The average Bonchev–Trinajstić information content (AvgIpc) is 3.16. The van der Waals surface area contributed by atoms with Gasteiger partial charge in [0.25, 0.3) is 0 Å². The molecule has 0 heterocycles. The van der Waals surface area contributed by atoms with Crippen LogP contribution < -0.4 is 24.8 Å². The van der Waals surface area contributed by atoms with Crippen molar-refractivity contribution >= 4 is 21.6 Å². The zero-order valence-electron chi connectivity index (χ0n) is 21.2. The third kappa shape index (κ3) is 16.7. The van der Waals surface area contributed by atoms with E-state index in [0.29, 0.717) is 0 Å². The Labute approximate surface area is 218 Å². The van der Waals surface area contributed by atoms with Crippen molar-refractivity contribution in [2.24, 2.45) is 0 Å². The minimum Gasteiger partial charge on any atom is -1.00 e. The third-order valence-electron chi connectivity index (χ3n) is 4.67. The molecule has 2 aliphatic rings. The van der Waals surface area contributed by atoms with Gasteiger partial charge < -0.3 is 24.8 Å². The van der Waals surface area contributed by atoms with Crippen LogP contribution >= 0.6 is 0 Å². The van der Waals surface area contributed by atoms with E-state index in [9.17, 15) is 0 Å². The Balaban J connectivity index is -0.000000391. The number of hydrogen-bond acceptors (Lipinski definition) is 0. The fourth-order valence-electron chi connectivity index (χ4n) is 2.87. The van der Waals surface area contributed by atoms with Crippen LogP contribution in [0.25, 0.3) is 0 Å². The molecule has 0 radical (unpaired) electrons. The molecule has 0 amide bonds. The van der Waals surface area contributed by atoms with Crippen molar-refractivity contribution in [3.63, 3.8) is 0 Å². The normalized spacial score (nSPS) is 15.1. The summed E-state index contributed by atoms with van der Waals surface area (Å²) < 4.78 is 0. The number of rotatable bonds is 6. The first-order chi connectivity index (χ1) is 12.8. The van der Waals surface area contributed by atoms with Crippen LogP contribution in [0.5, 0.6) is 0 Å². The van der Waals surface area contributed by atoms with E-state index in [1.165, 1.54) is 59.8 Å². The van der Waals surface area contributed by atoms with Gasteiger partial charge in [-0.2, -0.15) is 10.4 Å². The monoisotopic (exact) mass is 666 g/mol. The van der Waals surface area contributed by atoms with Gasteiger partial charge in [-0.05, 0) is 0 Å². The summed E-state index contributed by atoms with van der Waals surface area (Å²) in [5, 5.41) is 3.34. The molecule has 30 heavy (non-hydrogen) atoms. The van der Waals surface area contributed by atoms with Crippen molar-refractivity contribution < 1.29 is 47.8 Å². The molecule has 0 fully saturated rings. The van der Waals surface area contributed by atoms with Crippen molar-refractivity contribution in [2.45, 2.75) is 105 Å². The van der Waals surface area contributed by atoms with E-state index in [1.54, 1.807) is 10.4 Å². The van der Waals surface area contributed by atoms with Crippen molar-refractivity contribution in [3.05, 3.63) is 45.8 Å². The van der Waals surface area contributed by atoms with E-state index in [4.69, 9.17) is 0 Å². The summed E-state index contributed by atoms with van der Waals surface area (Å²) in [6.07, 6.45) is 18.9. The largest absolute Gasteiger partial charge is 1.00 e. The van der Waals surface area contributed by atoms with Crippen molar-refractivity contribution in [1.82, 2.24) is 0 Å². The molecular weight excluding hydrogens is 622 g/mol. The minimum absolute atomic E-state index is 0. The molecule has 2 aliphatic carbocycles. The molecule has 172 valence electrons. The first-order valence-electron chi connectivity index (χ1n) is 10.9. The molecule has 0 spiro atoms. The maximum Gasteiger partial charge on any atom is -1.00 e. The Morgan fingerprint density at radius 1 is 0.767 bits per heavy atom. The number of halogens is 2. The van der Waals surface area contributed by atoms with Gasteiger partial charge in [-0.25, -0.2) is 23.3 Å². The first-order valence-corrected chi connectivity index (χ1v) is 25.8. The quantitative estimate of drug-likeness (QED) is 0.302. The molecule has 0 aromatic heterocycles. The molecule has 0 nitrogen and oxygen atoms in total. The maximum atomic E-state index is 3.47. The second-order valence-corrected chi connectivity index (χ2v) is 33.2. The fraction of sp³-hybridized carbons (Fsp3) is 0.667. The Morgan fingerprint density at radius 3 is 1.20 bits per heavy atom. The Morgan fingerprint density at radius 2 is 1.03 bits per heavy atom. The third-order valence-corrected chi connectivity index (χ3v) is 9.17. The van der Waals surface area contributed by atoms with Gasteiger partial charge in [0.15, 0.2) is 0 Å². The summed E-state index contributed by atoms with van der Waals surface area (Å²) in [6.45, 7) is 23.6. The topological polar surface area (TPSA) is 0 Å². The van der Waals surface area contributed by atoms with Crippen molar-refractivity contribution in [1.29, 1.82) is 0 Å². The molecule has 0 aromatic rings. The minimum atomic E-state index is -1.02. The molecular formula is C24H44Cl2HfSi3-2. The first kappa shape index (κ1) is 35.6. The molecule has 0 saturated carbocycles. The predicted octanol–water partition coefficient (Wildman–Crippen LogP) is 2.24. The molecule has 0 saturated heterocycles. The standard InChI is InChI=1S/2C11H19Si.C2H6Si.2ClH.Hf/c2*1-5-6-10-7-8-11(9-10)12(2,3)4;1-3-2;;;/h2*9H,5-6,8H2,1-4H3;1-2H3;2*1H;/q2*-1;;;;+2/p-2. The van der Waals surface area contributed by atoms with Crippen molar-refractivity contribution in [2.75, 3.05) is 0 Å². The molecule has 0 N–H and O–H groups in total. The van der Waals surface area contributed by atoms with Crippen LogP contribution in [0.4, 0.5) is 0 Å². The van der Waals surface area contributed by atoms with Gasteiger partial charge >= 0.3 is 41.6 Å². The molecule has 0 aromatic carbocycles. The molecule has 0 bridgehead atoms. The summed E-state index contributed by atoms with van der Waals surface area (Å²) in [5.41, 5.74) is 3.17.